The molecule has 0 fully saturated rings. The van der Waals surface area contributed by atoms with Crippen molar-refractivity contribution >= 4 is 11.9 Å². The minimum absolute atomic E-state index is 0.108. The predicted molar refractivity (Wildman–Crippen MR) is 72.9 cm³/mol. The maximum Gasteiger partial charge on any atom is 0.514 e. The highest BCUT2D eigenvalue weighted by Gasteiger charge is 2.25. The number of terminal acetylenes is 1. The number of hydrogen-bond donors (Lipinski definition) is 0. The molecule has 0 aliphatic heterocycles. The first-order valence-corrected chi connectivity index (χ1v) is 6.32. The quantitative estimate of drug-likeness (QED) is 0.479. The highest BCUT2D eigenvalue weighted by atomic mass is 16.7. The molecule has 4 heteroatoms. The number of ketones is 1. The van der Waals surface area contributed by atoms with Gasteiger partial charge in [0.2, 0.25) is 0 Å². The van der Waals surface area contributed by atoms with Gasteiger partial charge in [0.05, 0.1) is 0 Å². The second-order valence-electron chi connectivity index (χ2n) is 4.30. The standard InChI is InChI=1S/C16H14O4/c1-2-11-19-16(18)20-14-10-6-9-13(14)15(17)12-7-4-3-5-8-12/h1,3-5,7-8H,6,9-11H2. The molecule has 2 rings (SSSR count). The second kappa shape index (κ2) is 6.58. The number of carbonyl (C=O) groups is 2. The maximum atomic E-state index is 12.3. The fourth-order valence-electron chi connectivity index (χ4n) is 2.06. The van der Waals surface area contributed by atoms with Gasteiger partial charge < -0.3 is 9.47 Å². The zero-order valence-corrected chi connectivity index (χ0v) is 10.9. The van der Waals surface area contributed by atoms with E-state index < -0.39 is 6.16 Å². The van der Waals surface area contributed by atoms with E-state index in [1.54, 1.807) is 24.3 Å². The summed E-state index contributed by atoms with van der Waals surface area (Å²) in [6.45, 7) is -0.145. The van der Waals surface area contributed by atoms with Crippen LogP contribution in [0, 0.1) is 12.3 Å². The molecule has 0 heterocycles. The number of rotatable bonds is 4. The van der Waals surface area contributed by atoms with Crippen molar-refractivity contribution in [2.75, 3.05) is 6.61 Å². The van der Waals surface area contributed by atoms with Crippen LogP contribution in [0.1, 0.15) is 29.6 Å². The lowest BCUT2D eigenvalue weighted by atomic mass is 10.0. The Kier molecular flexibility index (Phi) is 4.56. The van der Waals surface area contributed by atoms with Crippen molar-refractivity contribution in [2.45, 2.75) is 19.3 Å². The first-order valence-electron chi connectivity index (χ1n) is 6.32. The van der Waals surface area contributed by atoms with Gasteiger partial charge in [0.25, 0.3) is 0 Å². The molecular weight excluding hydrogens is 256 g/mol. The number of Topliss-reactive ketones (excluding diaryl/α,β-unsaturated/α-hetero) is 1. The van der Waals surface area contributed by atoms with Gasteiger partial charge in [0.1, 0.15) is 5.76 Å². The lowest BCUT2D eigenvalue weighted by Crippen LogP contribution is -2.10. The van der Waals surface area contributed by atoms with Crippen molar-refractivity contribution in [3.05, 3.63) is 47.2 Å². The van der Waals surface area contributed by atoms with Crippen molar-refractivity contribution in [1.29, 1.82) is 0 Å². The largest absolute Gasteiger partial charge is 0.514 e. The molecule has 0 atom stereocenters. The normalized spacial score (nSPS) is 13.8. The van der Waals surface area contributed by atoms with Crippen molar-refractivity contribution < 1.29 is 19.1 Å². The molecule has 0 bridgehead atoms. The number of benzene rings is 1. The lowest BCUT2D eigenvalue weighted by molar-refractivity contribution is 0.0851. The predicted octanol–water partition coefficient (Wildman–Crippen LogP) is 3.09. The Hall–Kier alpha value is -2.54. The Balaban J connectivity index is 2.12. The van der Waals surface area contributed by atoms with Crippen LogP contribution in [0.4, 0.5) is 4.79 Å². The number of allylic oxidation sites excluding steroid dienone is 2. The molecule has 1 aliphatic rings. The summed E-state index contributed by atoms with van der Waals surface area (Å²) in [5.74, 6) is 2.46. The van der Waals surface area contributed by atoms with Gasteiger partial charge in [0, 0.05) is 17.6 Å². The fourth-order valence-corrected chi connectivity index (χ4v) is 2.06. The van der Waals surface area contributed by atoms with Gasteiger partial charge >= 0.3 is 6.16 Å². The third-order valence-corrected chi connectivity index (χ3v) is 2.96. The molecule has 0 radical (unpaired) electrons. The average molecular weight is 270 g/mol. The van der Waals surface area contributed by atoms with Gasteiger partial charge in [-0.05, 0) is 12.8 Å². The van der Waals surface area contributed by atoms with Gasteiger partial charge in [-0.3, -0.25) is 4.79 Å². The molecule has 1 aliphatic carbocycles. The molecule has 0 aromatic heterocycles. The Morgan fingerprint density at radius 2 is 1.95 bits per heavy atom. The first-order chi connectivity index (χ1) is 9.72. The molecule has 0 saturated carbocycles. The Morgan fingerprint density at radius 1 is 1.20 bits per heavy atom. The molecule has 0 unspecified atom stereocenters. The molecule has 1 aromatic rings. The van der Waals surface area contributed by atoms with E-state index in [1.165, 1.54) is 0 Å². The Morgan fingerprint density at radius 3 is 2.65 bits per heavy atom. The Labute approximate surface area is 117 Å². The van der Waals surface area contributed by atoms with Gasteiger partial charge in [0.15, 0.2) is 12.4 Å². The monoisotopic (exact) mass is 270 g/mol. The van der Waals surface area contributed by atoms with Crippen LogP contribution in [-0.4, -0.2) is 18.5 Å². The molecule has 0 N–H and O–H groups in total. The highest BCUT2D eigenvalue weighted by molar-refractivity contribution is 6.09. The van der Waals surface area contributed by atoms with Gasteiger partial charge in [-0.1, -0.05) is 36.3 Å². The van der Waals surface area contributed by atoms with E-state index in [0.29, 0.717) is 29.7 Å². The van der Waals surface area contributed by atoms with Crippen molar-refractivity contribution in [1.82, 2.24) is 0 Å². The summed E-state index contributed by atoms with van der Waals surface area (Å²) in [6, 6.07) is 8.91. The topological polar surface area (TPSA) is 52.6 Å². The SMILES string of the molecule is C#CCOC(=O)OC1=C(C(=O)c2ccccc2)CCC1. The van der Waals surface area contributed by atoms with Crippen LogP contribution in [-0.2, 0) is 9.47 Å². The summed E-state index contributed by atoms with van der Waals surface area (Å²) >= 11 is 0. The number of carbonyl (C=O) groups excluding carboxylic acids is 2. The first kappa shape index (κ1) is 13.9. The highest BCUT2D eigenvalue weighted by Crippen LogP contribution is 2.29. The summed E-state index contributed by atoms with van der Waals surface area (Å²) in [5, 5.41) is 0. The maximum absolute atomic E-state index is 12.3. The molecule has 20 heavy (non-hydrogen) atoms. The molecule has 0 spiro atoms. The van der Waals surface area contributed by atoms with Gasteiger partial charge in [-0.15, -0.1) is 6.42 Å². The van der Waals surface area contributed by atoms with Crippen LogP contribution in [0.5, 0.6) is 0 Å². The minimum Gasteiger partial charge on any atom is -0.421 e. The van der Waals surface area contributed by atoms with Crippen LogP contribution in [0.15, 0.2) is 41.7 Å². The number of ether oxygens (including phenoxy) is 2. The van der Waals surface area contributed by atoms with Crippen molar-refractivity contribution in [3.63, 3.8) is 0 Å². The van der Waals surface area contributed by atoms with E-state index in [9.17, 15) is 9.59 Å². The van der Waals surface area contributed by atoms with Crippen molar-refractivity contribution in [3.8, 4) is 12.3 Å². The van der Waals surface area contributed by atoms with Crippen LogP contribution >= 0.6 is 0 Å². The molecular formula is C16H14O4. The minimum atomic E-state index is -0.863. The van der Waals surface area contributed by atoms with E-state index >= 15 is 0 Å². The van der Waals surface area contributed by atoms with E-state index in [4.69, 9.17) is 11.2 Å². The molecule has 0 amide bonds. The smallest absolute Gasteiger partial charge is 0.421 e. The lowest BCUT2D eigenvalue weighted by Gasteiger charge is -2.07. The third-order valence-electron chi connectivity index (χ3n) is 2.96. The van der Waals surface area contributed by atoms with E-state index in [0.717, 1.165) is 6.42 Å². The fraction of sp³-hybridized carbons (Fsp3) is 0.250. The van der Waals surface area contributed by atoms with Crippen LogP contribution in [0.3, 0.4) is 0 Å². The van der Waals surface area contributed by atoms with E-state index in [-0.39, 0.29) is 12.4 Å². The average Bonchev–Trinajstić information content (AvgIpc) is 2.93. The zero-order valence-electron chi connectivity index (χ0n) is 10.9. The summed E-state index contributed by atoms with van der Waals surface area (Å²) in [7, 11) is 0. The molecule has 0 saturated heterocycles. The van der Waals surface area contributed by atoms with Gasteiger partial charge in [-0.2, -0.15) is 0 Å². The van der Waals surface area contributed by atoms with E-state index in [1.807, 2.05) is 6.07 Å². The van der Waals surface area contributed by atoms with E-state index in [2.05, 4.69) is 10.7 Å². The van der Waals surface area contributed by atoms with Crippen molar-refractivity contribution in [2.24, 2.45) is 0 Å². The summed E-state index contributed by atoms with van der Waals surface area (Å²) in [4.78, 5) is 23.7. The molecule has 1 aromatic carbocycles. The summed E-state index contributed by atoms with van der Waals surface area (Å²) in [5.41, 5.74) is 1.12. The summed E-state index contributed by atoms with van der Waals surface area (Å²) < 4.78 is 9.71. The summed E-state index contributed by atoms with van der Waals surface area (Å²) in [6.07, 6.45) is 6.07. The van der Waals surface area contributed by atoms with Crippen LogP contribution in [0.2, 0.25) is 0 Å². The second-order valence-corrected chi connectivity index (χ2v) is 4.30. The third kappa shape index (κ3) is 3.27. The van der Waals surface area contributed by atoms with Crippen LogP contribution in [0.25, 0.3) is 0 Å². The Bertz CT molecular complexity index is 578. The zero-order chi connectivity index (χ0) is 14.4. The van der Waals surface area contributed by atoms with Crippen LogP contribution < -0.4 is 0 Å². The number of hydrogen-bond acceptors (Lipinski definition) is 4. The van der Waals surface area contributed by atoms with Gasteiger partial charge in [-0.25, -0.2) is 4.79 Å². The molecule has 4 nitrogen and oxygen atoms in total. The molecule has 102 valence electrons.